The van der Waals surface area contributed by atoms with Crippen LogP contribution in [0.3, 0.4) is 0 Å². The molecule has 0 aliphatic heterocycles. The lowest BCUT2D eigenvalue weighted by atomic mass is 10.0. The summed E-state index contributed by atoms with van der Waals surface area (Å²) in [5, 5.41) is 5.40. The van der Waals surface area contributed by atoms with Crippen molar-refractivity contribution in [3.8, 4) is 22.8 Å². The number of benzene rings is 3. The van der Waals surface area contributed by atoms with Gasteiger partial charge in [0.1, 0.15) is 11.5 Å². The van der Waals surface area contributed by atoms with E-state index in [-0.39, 0.29) is 5.91 Å². The van der Waals surface area contributed by atoms with E-state index < -0.39 is 0 Å². The SMILES string of the molecule is CC(C)c1ccc(-c2csc(NC(=O)c3cccc(Oc4ccccc4)c3)n2)cc1. The molecule has 150 valence electrons. The van der Waals surface area contributed by atoms with Crippen LogP contribution in [0.1, 0.15) is 35.7 Å². The van der Waals surface area contributed by atoms with Crippen LogP contribution in [0.4, 0.5) is 5.13 Å². The molecule has 0 saturated heterocycles. The summed E-state index contributed by atoms with van der Waals surface area (Å²) in [5.74, 6) is 1.61. The Balaban J connectivity index is 1.45. The van der Waals surface area contributed by atoms with Gasteiger partial charge in [-0.15, -0.1) is 11.3 Å². The predicted molar refractivity (Wildman–Crippen MR) is 123 cm³/mol. The fourth-order valence-electron chi connectivity index (χ4n) is 3.00. The van der Waals surface area contributed by atoms with Crippen LogP contribution in [0.25, 0.3) is 11.3 Å². The Morgan fingerprint density at radius 3 is 2.40 bits per heavy atom. The molecule has 0 bridgehead atoms. The van der Waals surface area contributed by atoms with E-state index in [2.05, 4.69) is 48.4 Å². The van der Waals surface area contributed by atoms with Gasteiger partial charge in [-0.1, -0.05) is 62.4 Å². The van der Waals surface area contributed by atoms with Crippen LogP contribution in [0.2, 0.25) is 0 Å². The molecule has 0 radical (unpaired) electrons. The molecule has 1 heterocycles. The number of nitrogens with zero attached hydrogens (tertiary/aromatic N) is 1. The highest BCUT2D eigenvalue weighted by molar-refractivity contribution is 7.14. The zero-order valence-corrected chi connectivity index (χ0v) is 17.6. The Morgan fingerprint density at radius 2 is 1.67 bits per heavy atom. The lowest BCUT2D eigenvalue weighted by Crippen LogP contribution is -2.11. The van der Waals surface area contributed by atoms with Gasteiger partial charge >= 0.3 is 0 Å². The number of hydrogen-bond donors (Lipinski definition) is 1. The molecule has 1 aromatic heterocycles. The molecular weight excluding hydrogens is 392 g/mol. The van der Waals surface area contributed by atoms with Crippen molar-refractivity contribution in [2.45, 2.75) is 19.8 Å². The molecule has 1 amide bonds. The van der Waals surface area contributed by atoms with Crippen molar-refractivity contribution in [1.29, 1.82) is 0 Å². The average molecular weight is 415 g/mol. The second-order valence-electron chi connectivity index (χ2n) is 7.21. The first-order chi connectivity index (χ1) is 14.6. The van der Waals surface area contributed by atoms with Crippen LogP contribution < -0.4 is 10.1 Å². The van der Waals surface area contributed by atoms with Gasteiger partial charge in [-0.2, -0.15) is 0 Å². The predicted octanol–water partition coefficient (Wildman–Crippen LogP) is 6.98. The molecule has 0 saturated carbocycles. The van der Waals surface area contributed by atoms with E-state index in [0.717, 1.165) is 17.0 Å². The number of carbonyl (C=O) groups excluding carboxylic acids is 1. The van der Waals surface area contributed by atoms with Crippen LogP contribution in [0.5, 0.6) is 11.5 Å². The average Bonchev–Trinajstić information content (AvgIpc) is 3.23. The third kappa shape index (κ3) is 4.75. The highest BCUT2D eigenvalue weighted by Gasteiger charge is 2.11. The fraction of sp³-hybridized carbons (Fsp3) is 0.120. The highest BCUT2D eigenvalue weighted by Crippen LogP contribution is 2.27. The molecule has 4 nitrogen and oxygen atoms in total. The minimum atomic E-state index is -0.218. The first kappa shape index (κ1) is 19.9. The van der Waals surface area contributed by atoms with Gasteiger partial charge < -0.3 is 4.74 Å². The Hall–Kier alpha value is -3.44. The molecule has 1 N–H and O–H groups in total. The van der Waals surface area contributed by atoms with Gasteiger partial charge in [0.2, 0.25) is 0 Å². The van der Waals surface area contributed by atoms with Crippen molar-refractivity contribution >= 4 is 22.4 Å². The minimum absolute atomic E-state index is 0.218. The molecule has 0 atom stereocenters. The van der Waals surface area contributed by atoms with Gasteiger partial charge in [0.25, 0.3) is 5.91 Å². The summed E-state index contributed by atoms with van der Waals surface area (Å²) in [6.45, 7) is 4.34. The number of aromatic nitrogens is 1. The number of nitrogens with one attached hydrogen (secondary N) is 1. The van der Waals surface area contributed by atoms with Gasteiger partial charge in [0.05, 0.1) is 5.69 Å². The molecule has 0 unspecified atom stereocenters. The van der Waals surface area contributed by atoms with Crippen molar-refractivity contribution in [2.75, 3.05) is 5.32 Å². The van der Waals surface area contributed by atoms with Gasteiger partial charge in [0.15, 0.2) is 5.13 Å². The third-order valence-electron chi connectivity index (χ3n) is 4.67. The molecule has 3 aromatic carbocycles. The summed E-state index contributed by atoms with van der Waals surface area (Å²) >= 11 is 1.41. The van der Waals surface area contributed by atoms with Gasteiger partial charge in [-0.3, -0.25) is 10.1 Å². The standard InChI is InChI=1S/C25H22N2O2S/c1-17(2)18-11-13-19(14-12-18)23-16-30-25(26-23)27-24(28)20-7-6-10-22(15-20)29-21-8-4-3-5-9-21/h3-17H,1-2H3,(H,26,27,28). The number of para-hydroxylation sites is 1. The lowest BCUT2D eigenvalue weighted by molar-refractivity contribution is 0.102. The second-order valence-corrected chi connectivity index (χ2v) is 8.07. The molecule has 4 rings (SSSR count). The molecule has 30 heavy (non-hydrogen) atoms. The number of hydrogen-bond acceptors (Lipinski definition) is 4. The first-order valence-corrected chi connectivity index (χ1v) is 10.7. The van der Waals surface area contributed by atoms with Gasteiger partial charge in [-0.25, -0.2) is 4.98 Å². The summed E-state index contributed by atoms with van der Waals surface area (Å²) in [6, 6.07) is 25.0. The van der Waals surface area contributed by atoms with Gasteiger partial charge in [-0.05, 0) is 41.8 Å². The van der Waals surface area contributed by atoms with E-state index >= 15 is 0 Å². The van der Waals surface area contributed by atoms with Crippen molar-refractivity contribution in [3.63, 3.8) is 0 Å². The number of anilines is 1. The normalized spacial score (nSPS) is 10.8. The van der Waals surface area contributed by atoms with Crippen molar-refractivity contribution in [1.82, 2.24) is 4.98 Å². The number of thiazole rings is 1. The Bertz CT molecular complexity index is 1140. The number of rotatable bonds is 6. The van der Waals surface area contributed by atoms with E-state index in [9.17, 15) is 4.79 Å². The van der Waals surface area contributed by atoms with E-state index in [1.807, 2.05) is 41.8 Å². The molecule has 0 aliphatic carbocycles. The molecular formula is C25H22N2O2S. The lowest BCUT2D eigenvalue weighted by Gasteiger charge is -2.07. The summed E-state index contributed by atoms with van der Waals surface area (Å²) in [5.41, 5.74) is 3.70. The smallest absolute Gasteiger partial charge is 0.257 e. The Morgan fingerprint density at radius 1 is 0.933 bits per heavy atom. The van der Waals surface area contributed by atoms with Crippen LogP contribution >= 0.6 is 11.3 Å². The van der Waals surface area contributed by atoms with E-state index in [1.165, 1.54) is 16.9 Å². The van der Waals surface area contributed by atoms with Crippen molar-refractivity contribution in [2.24, 2.45) is 0 Å². The number of ether oxygens (including phenoxy) is 1. The Labute approximate surface area is 180 Å². The molecule has 0 fully saturated rings. The van der Waals surface area contributed by atoms with Gasteiger partial charge in [0, 0.05) is 16.5 Å². The molecule has 0 spiro atoms. The monoisotopic (exact) mass is 414 g/mol. The quantitative estimate of drug-likeness (QED) is 0.370. The minimum Gasteiger partial charge on any atom is -0.457 e. The Kier molecular flexibility index (Phi) is 5.91. The maximum absolute atomic E-state index is 12.7. The highest BCUT2D eigenvalue weighted by atomic mass is 32.1. The summed E-state index contributed by atoms with van der Waals surface area (Å²) in [7, 11) is 0. The maximum Gasteiger partial charge on any atom is 0.257 e. The van der Waals surface area contributed by atoms with Crippen LogP contribution in [-0.2, 0) is 0 Å². The zero-order chi connectivity index (χ0) is 20.9. The molecule has 4 aromatic rings. The van der Waals surface area contributed by atoms with Crippen molar-refractivity contribution < 1.29 is 9.53 Å². The maximum atomic E-state index is 12.7. The molecule has 0 aliphatic rings. The first-order valence-electron chi connectivity index (χ1n) is 9.78. The van der Waals surface area contributed by atoms with E-state index in [1.54, 1.807) is 18.2 Å². The van der Waals surface area contributed by atoms with E-state index in [4.69, 9.17) is 4.74 Å². The van der Waals surface area contributed by atoms with Crippen LogP contribution in [0.15, 0.2) is 84.2 Å². The van der Waals surface area contributed by atoms with Crippen molar-refractivity contribution in [3.05, 3.63) is 95.4 Å². The third-order valence-corrected chi connectivity index (χ3v) is 5.43. The van der Waals surface area contributed by atoms with E-state index in [0.29, 0.717) is 22.4 Å². The number of amides is 1. The largest absolute Gasteiger partial charge is 0.457 e. The summed E-state index contributed by atoms with van der Waals surface area (Å²) in [4.78, 5) is 17.3. The zero-order valence-electron chi connectivity index (χ0n) is 16.8. The summed E-state index contributed by atoms with van der Waals surface area (Å²) in [6.07, 6.45) is 0. The van der Waals surface area contributed by atoms with Crippen LogP contribution in [-0.4, -0.2) is 10.9 Å². The number of carbonyl (C=O) groups is 1. The molecule has 5 heteroatoms. The van der Waals surface area contributed by atoms with Crippen LogP contribution in [0, 0.1) is 0 Å². The second kappa shape index (κ2) is 8.93. The fourth-order valence-corrected chi connectivity index (χ4v) is 3.71. The topological polar surface area (TPSA) is 51.2 Å². The summed E-state index contributed by atoms with van der Waals surface area (Å²) < 4.78 is 5.81.